The molecule has 0 aliphatic rings. The van der Waals surface area contributed by atoms with Crippen molar-refractivity contribution in [1.29, 1.82) is 0 Å². The number of hydrogen-bond donors (Lipinski definition) is 0. The van der Waals surface area contributed by atoms with Crippen molar-refractivity contribution in [2.75, 3.05) is 0 Å². The lowest BCUT2D eigenvalue weighted by atomic mass is 9.94. The van der Waals surface area contributed by atoms with Gasteiger partial charge in [-0.05, 0) is 12.1 Å². The van der Waals surface area contributed by atoms with Crippen molar-refractivity contribution >= 4 is 0 Å². The van der Waals surface area contributed by atoms with Crippen LogP contribution in [-0.2, 0) is 11.8 Å². The average Bonchev–Trinajstić information content (AvgIpc) is 2.35. The fourth-order valence-corrected chi connectivity index (χ4v) is 1.03. The highest BCUT2D eigenvalue weighted by molar-refractivity contribution is 5.15. The van der Waals surface area contributed by atoms with Crippen molar-refractivity contribution in [2.45, 2.75) is 32.6 Å². The smallest absolute Gasteiger partial charge is 0.109 e. The highest BCUT2D eigenvalue weighted by Gasteiger charge is 2.17. The highest BCUT2D eigenvalue weighted by atomic mass is 16.3. The SMILES string of the molecule is C=CCc1ccc(C(C)(C)C)o1. The fourth-order valence-electron chi connectivity index (χ4n) is 1.03. The predicted octanol–water partition coefficient (Wildman–Crippen LogP) is 3.31. The molecule has 1 aromatic rings. The topological polar surface area (TPSA) is 13.1 Å². The van der Waals surface area contributed by atoms with Crippen LogP contribution in [0.4, 0.5) is 0 Å². The summed E-state index contributed by atoms with van der Waals surface area (Å²) < 4.78 is 5.62. The molecule has 0 atom stereocenters. The first-order valence-corrected chi connectivity index (χ1v) is 4.24. The Hall–Kier alpha value is -0.980. The van der Waals surface area contributed by atoms with Gasteiger partial charge in [0, 0.05) is 11.8 Å². The Kier molecular flexibility index (Phi) is 2.41. The number of furan rings is 1. The number of hydrogen-bond acceptors (Lipinski definition) is 1. The molecule has 0 fully saturated rings. The minimum Gasteiger partial charge on any atom is -0.465 e. The lowest BCUT2D eigenvalue weighted by molar-refractivity contribution is 0.391. The lowest BCUT2D eigenvalue weighted by Crippen LogP contribution is -2.09. The maximum atomic E-state index is 5.62. The molecule has 66 valence electrons. The number of allylic oxidation sites excluding steroid dienone is 1. The third-order valence-corrected chi connectivity index (χ3v) is 1.75. The van der Waals surface area contributed by atoms with Gasteiger partial charge in [0.1, 0.15) is 11.5 Å². The molecule has 1 rings (SSSR count). The van der Waals surface area contributed by atoms with Crippen LogP contribution in [-0.4, -0.2) is 0 Å². The van der Waals surface area contributed by atoms with Crippen LogP contribution in [0.25, 0.3) is 0 Å². The van der Waals surface area contributed by atoms with E-state index in [1.165, 1.54) is 0 Å². The van der Waals surface area contributed by atoms with Crippen LogP contribution < -0.4 is 0 Å². The summed E-state index contributed by atoms with van der Waals surface area (Å²) in [4.78, 5) is 0. The molecule has 0 unspecified atom stereocenters. The van der Waals surface area contributed by atoms with Crippen molar-refractivity contribution in [2.24, 2.45) is 0 Å². The maximum Gasteiger partial charge on any atom is 0.109 e. The molecule has 0 N–H and O–H groups in total. The Labute approximate surface area is 74.1 Å². The third kappa shape index (κ3) is 2.00. The van der Waals surface area contributed by atoms with Crippen LogP contribution in [0.15, 0.2) is 29.2 Å². The summed E-state index contributed by atoms with van der Waals surface area (Å²) in [5.41, 5.74) is 0.111. The summed E-state index contributed by atoms with van der Waals surface area (Å²) in [6, 6.07) is 4.06. The molecule has 12 heavy (non-hydrogen) atoms. The van der Waals surface area contributed by atoms with Crippen LogP contribution in [0, 0.1) is 0 Å². The van der Waals surface area contributed by atoms with Crippen molar-refractivity contribution in [3.8, 4) is 0 Å². The average molecular weight is 164 g/mol. The molecule has 0 amide bonds. The van der Waals surface area contributed by atoms with Crippen molar-refractivity contribution in [1.82, 2.24) is 0 Å². The van der Waals surface area contributed by atoms with Gasteiger partial charge in [0.15, 0.2) is 0 Å². The Balaban J connectivity index is 2.84. The van der Waals surface area contributed by atoms with Gasteiger partial charge in [-0.1, -0.05) is 26.8 Å². The van der Waals surface area contributed by atoms with E-state index >= 15 is 0 Å². The Morgan fingerprint density at radius 1 is 1.42 bits per heavy atom. The molecule has 1 aromatic heterocycles. The largest absolute Gasteiger partial charge is 0.465 e. The second-order valence-electron chi connectivity index (χ2n) is 4.01. The second-order valence-corrected chi connectivity index (χ2v) is 4.01. The van der Waals surface area contributed by atoms with E-state index in [1.54, 1.807) is 0 Å². The van der Waals surface area contributed by atoms with Gasteiger partial charge in [-0.25, -0.2) is 0 Å². The monoisotopic (exact) mass is 164 g/mol. The molecule has 0 bridgehead atoms. The molecule has 0 aliphatic carbocycles. The number of rotatable bonds is 2. The van der Waals surface area contributed by atoms with Crippen LogP contribution in [0.5, 0.6) is 0 Å². The summed E-state index contributed by atoms with van der Waals surface area (Å²) in [5, 5.41) is 0. The zero-order chi connectivity index (χ0) is 9.19. The quantitative estimate of drug-likeness (QED) is 0.611. The zero-order valence-electron chi connectivity index (χ0n) is 8.05. The molecule has 0 saturated carbocycles. The minimum absolute atomic E-state index is 0.111. The van der Waals surface area contributed by atoms with E-state index in [-0.39, 0.29) is 5.41 Å². The fraction of sp³-hybridized carbons (Fsp3) is 0.455. The molecular formula is C11H16O. The van der Waals surface area contributed by atoms with Gasteiger partial charge in [-0.3, -0.25) is 0 Å². The standard InChI is InChI=1S/C11H16O/c1-5-6-9-7-8-10(12-9)11(2,3)4/h5,7-8H,1,6H2,2-4H3. The molecule has 1 nitrogen and oxygen atoms in total. The van der Waals surface area contributed by atoms with Gasteiger partial charge in [-0.2, -0.15) is 0 Å². The van der Waals surface area contributed by atoms with Gasteiger partial charge in [0.05, 0.1) is 0 Å². The molecule has 0 spiro atoms. The van der Waals surface area contributed by atoms with Crippen LogP contribution in [0.3, 0.4) is 0 Å². The minimum atomic E-state index is 0.111. The molecule has 1 heteroatoms. The summed E-state index contributed by atoms with van der Waals surface area (Å²) in [5.74, 6) is 2.04. The molecule has 0 aromatic carbocycles. The van der Waals surface area contributed by atoms with Crippen LogP contribution in [0.1, 0.15) is 32.3 Å². The first-order valence-electron chi connectivity index (χ1n) is 4.24. The normalized spacial score (nSPS) is 11.6. The van der Waals surface area contributed by atoms with E-state index in [4.69, 9.17) is 4.42 Å². The molecule has 0 aliphatic heterocycles. The third-order valence-electron chi connectivity index (χ3n) is 1.75. The first kappa shape index (κ1) is 9.11. The van der Waals surface area contributed by atoms with Crippen molar-refractivity contribution in [3.63, 3.8) is 0 Å². The Morgan fingerprint density at radius 2 is 2.08 bits per heavy atom. The Bertz CT molecular complexity index is 263. The molecule has 0 radical (unpaired) electrons. The van der Waals surface area contributed by atoms with Gasteiger partial charge in [0.25, 0.3) is 0 Å². The molecule has 1 heterocycles. The van der Waals surface area contributed by atoms with E-state index in [0.29, 0.717) is 0 Å². The van der Waals surface area contributed by atoms with E-state index in [1.807, 2.05) is 18.2 Å². The van der Waals surface area contributed by atoms with Crippen LogP contribution >= 0.6 is 0 Å². The van der Waals surface area contributed by atoms with Crippen molar-refractivity contribution in [3.05, 3.63) is 36.3 Å². The maximum absolute atomic E-state index is 5.62. The Morgan fingerprint density at radius 3 is 2.50 bits per heavy atom. The zero-order valence-corrected chi connectivity index (χ0v) is 8.05. The van der Waals surface area contributed by atoms with Crippen molar-refractivity contribution < 1.29 is 4.42 Å². The summed E-state index contributed by atoms with van der Waals surface area (Å²) in [7, 11) is 0. The van der Waals surface area contributed by atoms with E-state index in [9.17, 15) is 0 Å². The van der Waals surface area contributed by atoms with Gasteiger partial charge < -0.3 is 4.42 Å². The van der Waals surface area contributed by atoms with Gasteiger partial charge in [0.2, 0.25) is 0 Å². The molecule has 0 saturated heterocycles. The first-order chi connectivity index (χ1) is 5.54. The van der Waals surface area contributed by atoms with E-state index in [2.05, 4.69) is 27.4 Å². The second kappa shape index (κ2) is 3.18. The predicted molar refractivity (Wildman–Crippen MR) is 51.3 cm³/mol. The lowest BCUT2D eigenvalue weighted by Gasteiger charge is -2.13. The van der Waals surface area contributed by atoms with E-state index < -0.39 is 0 Å². The summed E-state index contributed by atoms with van der Waals surface area (Å²) >= 11 is 0. The highest BCUT2D eigenvalue weighted by Crippen LogP contribution is 2.24. The summed E-state index contributed by atoms with van der Waals surface area (Å²) in [6.45, 7) is 10.1. The van der Waals surface area contributed by atoms with Gasteiger partial charge >= 0.3 is 0 Å². The summed E-state index contributed by atoms with van der Waals surface area (Å²) in [6.07, 6.45) is 2.67. The molecular weight excluding hydrogens is 148 g/mol. The van der Waals surface area contributed by atoms with Crippen LogP contribution in [0.2, 0.25) is 0 Å². The van der Waals surface area contributed by atoms with Gasteiger partial charge in [-0.15, -0.1) is 6.58 Å². The van der Waals surface area contributed by atoms with E-state index in [0.717, 1.165) is 17.9 Å².